The highest BCUT2D eigenvalue weighted by molar-refractivity contribution is 9.12. The molecule has 0 fully saturated rings. The number of rotatable bonds is 0. The van der Waals surface area contributed by atoms with Gasteiger partial charge in [-0.25, -0.2) is 0 Å². The molecule has 48 valence electrons. The average molecular weight is 250 g/mol. The molecule has 0 saturated carbocycles. The molecule has 0 atom stereocenters. The predicted octanol–water partition coefficient (Wildman–Crippen LogP) is 3.19. The van der Waals surface area contributed by atoms with Crippen molar-refractivity contribution in [1.82, 2.24) is 0 Å². The van der Waals surface area contributed by atoms with E-state index >= 15 is 0 Å². The molecule has 2 bridgehead atoms. The zero-order chi connectivity index (χ0) is 6.43. The lowest BCUT2D eigenvalue weighted by molar-refractivity contribution is 0.726. The van der Waals surface area contributed by atoms with Crippen LogP contribution in [0.25, 0.3) is 0 Å². The molecule has 2 aliphatic carbocycles. The SMILES string of the molecule is BrC1=CC2C=C(Br)C1C2. The molecular formula is C7H6Br2. The fraction of sp³-hybridized carbons (Fsp3) is 0.429. The lowest BCUT2D eigenvalue weighted by Gasteiger charge is -2.04. The first-order valence-corrected chi connectivity index (χ1v) is 4.60. The minimum Gasteiger partial charge on any atom is -0.0667 e. The van der Waals surface area contributed by atoms with Crippen molar-refractivity contribution >= 4 is 31.9 Å². The van der Waals surface area contributed by atoms with Crippen LogP contribution in [-0.4, -0.2) is 0 Å². The normalized spacial score (nSPS) is 38.9. The first-order valence-electron chi connectivity index (χ1n) is 3.02. The summed E-state index contributed by atoms with van der Waals surface area (Å²) in [5, 5.41) is 0. The zero-order valence-electron chi connectivity index (χ0n) is 4.77. The standard InChI is InChI=1S/C7H6Br2/c8-6-2-4-1-5(6)7(9)3-4/h2-5H,1H2. The van der Waals surface area contributed by atoms with Crippen LogP contribution in [0.4, 0.5) is 0 Å². The maximum absolute atomic E-state index is 3.53. The molecule has 0 saturated heterocycles. The third-order valence-corrected chi connectivity index (χ3v) is 3.55. The largest absolute Gasteiger partial charge is 0.0667 e. The van der Waals surface area contributed by atoms with Gasteiger partial charge in [0.1, 0.15) is 0 Å². The highest BCUT2D eigenvalue weighted by Crippen LogP contribution is 2.47. The summed E-state index contributed by atoms with van der Waals surface area (Å²) in [5.74, 6) is 1.37. The number of halogens is 2. The Kier molecular flexibility index (Phi) is 1.34. The van der Waals surface area contributed by atoms with Gasteiger partial charge in [-0.1, -0.05) is 44.0 Å². The summed E-state index contributed by atoms with van der Waals surface area (Å²) in [5.41, 5.74) is 0. The topological polar surface area (TPSA) is 0 Å². The molecule has 0 aromatic rings. The molecule has 0 aromatic heterocycles. The minimum absolute atomic E-state index is 0.662. The Morgan fingerprint density at radius 2 is 1.78 bits per heavy atom. The van der Waals surface area contributed by atoms with Crippen molar-refractivity contribution in [2.45, 2.75) is 6.42 Å². The van der Waals surface area contributed by atoms with E-state index in [2.05, 4.69) is 44.0 Å². The van der Waals surface area contributed by atoms with Gasteiger partial charge in [0, 0.05) is 5.92 Å². The van der Waals surface area contributed by atoms with E-state index in [4.69, 9.17) is 0 Å². The molecule has 0 aliphatic heterocycles. The van der Waals surface area contributed by atoms with Crippen LogP contribution in [0.1, 0.15) is 6.42 Å². The van der Waals surface area contributed by atoms with Gasteiger partial charge in [0.2, 0.25) is 0 Å². The number of fused-ring (bicyclic) bond motifs is 2. The summed E-state index contributed by atoms with van der Waals surface area (Å²) in [6.07, 6.45) is 5.85. The second-order valence-corrected chi connectivity index (χ2v) is 4.39. The second kappa shape index (κ2) is 1.96. The molecule has 2 aliphatic rings. The Bertz CT molecular complexity index is 183. The van der Waals surface area contributed by atoms with Crippen LogP contribution in [0, 0.1) is 11.8 Å². The van der Waals surface area contributed by atoms with Crippen molar-refractivity contribution in [1.29, 1.82) is 0 Å². The van der Waals surface area contributed by atoms with Gasteiger partial charge in [0.15, 0.2) is 0 Å². The lowest BCUT2D eigenvalue weighted by atomic mass is 10.2. The maximum Gasteiger partial charge on any atom is 0.0224 e. The Morgan fingerprint density at radius 1 is 1.22 bits per heavy atom. The smallest absolute Gasteiger partial charge is 0.0224 e. The molecule has 0 amide bonds. The molecule has 2 rings (SSSR count). The summed E-state index contributed by atoms with van der Waals surface area (Å²) < 4.78 is 2.73. The van der Waals surface area contributed by atoms with Crippen molar-refractivity contribution in [2.75, 3.05) is 0 Å². The summed E-state index contributed by atoms with van der Waals surface area (Å²) in [4.78, 5) is 0. The Labute approximate surface area is 71.3 Å². The maximum atomic E-state index is 3.53. The van der Waals surface area contributed by atoms with Crippen LogP contribution in [0.5, 0.6) is 0 Å². The van der Waals surface area contributed by atoms with Gasteiger partial charge in [-0.05, 0) is 21.3 Å². The third kappa shape index (κ3) is 0.838. The lowest BCUT2D eigenvalue weighted by Crippen LogP contribution is -1.89. The van der Waals surface area contributed by atoms with Crippen molar-refractivity contribution in [3.05, 3.63) is 21.1 Å². The van der Waals surface area contributed by atoms with Gasteiger partial charge in [-0.2, -0.15) is 0 Å². The summed E-state index contributed by atoms with van der Waals surface area (Å²) in [7, 11) is 0. The zero-order valence-corrected chi connectivity index (χ0v) is 7.94. The fourth-order valence-corrected chi connectivity index (χ4v) is 3.31. The summed E-state index contributed by atoms with van der Waals surface area (Å²) in [6, 6.07) is 0. The van der Waals surface area contributed by atoms with Crippen molar-refractivity contribution < 1.29 is 0 Å². The molecule has 0 nitrogen and oxygen atoms in total. The van der Waals surface area contributed by atoms with Crippen LogP contribution >= 0.6 is 31.9 Å². The van der Waals surface area contributed by atoms with Crippen molar-refractivity contribution in [2.24, 2.45) is 11.8 Å². The van der Waals surface area contributed by atoms with E-state index in [1.165, 1.54) is 15.4 Å². The monoisotopic (exact) mass is 248 g/mol. The summed E-state index contributed by atoms with van der Waals surface area (Å²) >= 11 is 7.05. The Hall–Kier alpha value is 0.440. The van der Waals surface area contributed by atoms with Crippen LogP contribution in [0.3, 0.4) is 0 Å². The van der Waals surface area contributed by atoms with E-state index in [9.17, 15) is 0 Å². The van der Waals surface area contributed by atoms with Gasteiger partial charge in [-0.15, -0.1) is 0 Å². The van der Waals surface area contributed by atoms with Crippen molar-refractivity contribution in [3.8, 4) is 0 Å². The van der Waals surface area contributed by atoms with Gasteiger partial charge in [0.05, 0.1) is 0 Å². The van der Waals surface area contributed by atoms with Gasteiger partial charge >= 0.3 is 0 Å². The summed E-state index contributed by atoms with van der Waals surface area (Å²) in [6.45, 7) is 0. The van der Waals surface area contributed by atoms with E-state index in [0.717, 1.165) is 0 Å². The predicted molar refractivity (Wildman–Crippen MR) is 45.6 cm³/mol. The molecule has 0 spiro atoms. The number of hydrogen-bond donors (Lipinski definition) is 0. The molecule has 0 aromatic carbocycles. The molecule has 0 unspecified atom stereocenters. The molecule has 0 radical (unpaired) electrons. The van der Waals surface area contributed by atoms with Gasteiger partial charge < -0.3 is 0 Å². The van der Waals surface area contributed by atoms with Crippen molar-refractivity contribution in [3.63, 3.8) is 0 Å². The Morgan fingerprint density at radius 3 is 2.00 bits per heavy atom. The van der Waals surface area contributed by atoms with Crippen LogP contribution in [0.15, 0.2) is 21.1 Å². The molecule has 2 heteroatoms. The van der Waals surface area contributed by atoms with E-state index in [1.807, 2.05) is 0 Å². The highest BCUT2D eigenvalue weighted by atomic mass is 79.9. The van der Waals surface area contributed by atoms with E-state index < -0.39 is 0 Å². The van der Waals surface area contributed by atoms with Gasteiger partial charge in [-0.3, -0.25) is 0 Å². The molecular weight excluding hydrogens is 244 g/mol. The second-order valence-electron chi connectivity index (χ2n) is 2.56. The first kappa shape index (κ1) is 6.17. The van der Waals surface area contributed by atoms with E-state index in [0.29, 0.717) is 11.8 Å². The quantitative estimate of drug-likeness (QED) is 0.619. The number of allylic oxidation sites excluding steroid dienone is 4. The van der Waals surface area contributed by atoms with Crippen LogP contribution in [-0.2, 0) is 0 Å². The molecule has 0 N–H and O–H groups in total. The third-order valence-electron chi connectivity index (χ3n) is 1.92. The van der Waals surface area contributed by atoms with E-state index in [1.54, 1.807) is 0 Å². The minimum atomic E-state index is 0.662. The Balaban J connectivity index is 2.36. The fourth-order valence-electron chi connectivity index (χ4n) is 1.45. The van der Waals surface area contributed by atoms with Crippen LogP contribution in [0.2, 0.25) is 0 Å². The van der Waals surface area contributed by atoms with Gasteiger partial charge in [0.25, 0.3) is 0 Å². The molecule has 0 heterocycles. The molecule has 9 heavy (non-hydrogen) atoms. The highest BCUT2D eigenvalue weighted by Gasteiger charge is 2.31. The average Bonchev–Trinajstić information content (AvgIpc) is 2.22. The van der Waals surface area contributed by atoms with Crippen LogP contribution < -0.4 is 0 Å². The number of hydrogen-bond acceptors (Lipinski definition) is 0. The first-order chi connectivity index (χ1) is 4.27. The van der Waals surface area contributed by atoms with E-state index in [-0.39, 0.29) is 0 Å².